The van der Waals surface area contributed by atoms with Gasteiger partial charge in [-0.25, -0.2) is 4.98 Å². The summed E-state index contributed by atoms with van der Waals surface area (Å²) in [4.78, 5) is 23.3. The fourth-order valence-corrected chi connectivity index (χ4v) is 5.84. The van der Waals surface area contributed by atoms with Gasteiger partial charge in [0.15, 0.2) is 0 Å². The number of anilines is 3. The van der Waals surface area contributed by atoms with Crippen molar-refractivity contribution in [3.05, 3.63) is 40.5 Å². The van der Waals surface area contributed by atoms with E-state index in [4.69, 9.17) is 4.98 Å². The minimum atomic E-state index is -0.0949. The van der Waals surface area contributed by atoms with Crippen LogP contribution in [0.15, 0.2) is 34.9 Å². The Morgan fingerprint density at radius 1 is 1.12 bits per heavy atom. The predicted molar refractivity (Wildman–Crippen MR) is 137 cm³/mol. The highest BCUT2D eigenvalue weighted by atomic mass is 79.9. The molecule has 2 saturated carbocycles. The molecule has 7 nitrogen and oxygen atoms in total. The molecular weight excluding hydrogens is 480 g/mol. The molecule has 0 saturated heterocycles. The molecule has 0 radical (unpaired) electrons. The molecule has 1 aromatic heterocycles. The summed E-state index contributed by atoms with van der Waals surface area (Å²) < 4.78 is 0.874. The van der Waals surface area contributed by atoms with Gasteiger partial charge in [-0.2, -0.15) is 4.98 Å². The topological polar surface area (TPSA) is 82.2 Å². The van der Waals surface area contributed by atoms with Crippen LogP contribution >= 0.6 is 15.9 Å². The number of amides is 1. The van der Waals surface area contributed by atoms with Crippen LogP contribution in [0.5, 0.6) is 0 Å². The lowest BCUT2D eigenvalue weighted by Gasteiger charge is -2.46. The SMILES string of the molecule is CC1CC2CC(C)C(Nc3nc(Nc4ccc(C(=O)NCN(C)C)cc4)ncc3Br)C(C1)C2. The summed E-state index contributed by atoms with van der Waals surface area (Å²) in [5.74, 6) is 4.29. The number of aromatic nitrogens is 2. The Morgan fingerprint density at radius 2 is 1.88 bits per heavy atom. The van der Waals surface area contributed by atoms with Crippen LogP contribution in [0.1, 0.15) is 49.9 Å². The van der Waals surface area contributed by atoms with E-state index in [2.05, 4.69) is 50.7 Å². The molecule has 5 atom stereocenters. The van der Waals surface area contributed by atoms with Gasteiger partial charge in [0.25, 0.3) is 5.91 Å². The third-order valence-electron chi connectivity index (χ3n) is 6.91. The Hall–Kier alpha value is -2.19. The molecule has 1 amide bonds. The molecule has 1 heterocycles. The number of hydrogen-bond acceptors (Lipinski definition) is 6. The molecule has 2 bridgehead atoms. The van der Waals surface area contributed by atoms with Crippen LogP contribution in [-0.4, -0.2) is 47.6 Å². The second kappa shape index (κ2) is 10.4. The maximum Gasteiger partial charge on any atom is 0.252 e. The Labute approximate surface area is 205 Å². The van der Waals surface area contributed by atoms with Crippen molar-refractivity contribution in [1.82, 2.24) is 20.2 Å². The van der Waals surface area contributed by atoms with Crippen LogP contribution in [0.25, 0.3) is 0 Å². The van der Waals surface area contributed by atoms with Gasteiger partial charge in [-0.1, -0.05) is 13.8 Å². The third kappa shape index (κ3) is 6.03. The Bertz CT molecular complexity index is 962. The molecule has 1 aromatic carbocycles. The van der Waals surface area contributed by atoms with Crippen molar-refractivity contribution in [3.8, 4) is 0 Å². The van der Waals surface area contributed by atoms with Crippen molar-refractivity contribution >= 4 is 39.3 Å². The number of carbonyl (C=O) groups excluding carboxylic acids is 1. The van der Waals surface area contributed by atoms with Gasteiger partial charge in [0.05, 0.1) is 11.1 Å². The third-order valence-corrected chi connectivity index (χ3v) is 7.49. The maximum atomic E-state index is 12.2. The van der Waals surface area contributed by atoms with E-state index in [1.54, 1.807) is 18.3 Å². The first-order valence-corrected chi connectivity index (χ1v) is 12.7. The molecule has 2 aliphatic carbocycles. The zero-order valence-electron chi connectivity index (χ0n) is 19.9. The zero-order valence-corrected chi connectivity index (χ0v) is 21.5. The summed E-state index contributed by atoms with van der Waals surface area (Å²) in [5, 5.41) is 9.89. The maximum absolute atomic E-state index is 12.2. The molecule has 8 heteroatoms. The van der Waals surface area contributed by atoms with Crippen LogP contribution in [0.2, 0.25) is 0 Å². The van der Waals surface area contributed by atoms with Gasteiger partial charge in [0, 0.05) is 23.5 Å². The molecule has 4 rings (SSSR count). The molecule has 3 N–H and O–H groups in total. The van der Waals surface area contributed by atoms with Crippen molar-refractivity contribution in [2.75, 3.05) is 31.4 Å². The van der Waals surface area contributed by atoms with Crippen LogP contribution in [0, 0.1) is 23.7 Å². The molecule has 2 aliphatic rings. The molecule has 5 unspecified atom stereocenters. The molecule has 2 aromatic rings. The normalized spacial score (nSPS) is 26.7. The fraction of sp³-hybridized carbons (Fsp3) is 0.560. The Kier molecular flexibility index (Phi) is 7.54. The lowest BCUT2D eigenvalue weighted by molar-refractivity contribution is 0.0935. The number of benzene rings is 1. The average Bonchev–Trinajstić information content (AvgIpc) is 2.77. The number of fused-ring (bicyclic) bond motifs is 2. The quantitative estimate of drug-likeness (QED) is 0.445. The lowest BCUT2D eigenvalue weighted by atomic mass is 9.63. The van der Waals surface area contributed by atoms with Crippen molar-refractivity contribution in [3.63, 3.8) is 0 Å². The Morgan fingerprint density at radius 3 is 2.61 bits per heavy atom. The van der Waals surface area contributed by atoms with Crippen LogP contribution in [0.3, 0.4) is 0 Å². The first kappa shape index (κ1) is 24.0. The van der Waals surface area contributed by atoms with E-state index < -0.39 is 0 Å². The number of hydrogen-bond donors (Lipinski definition) is 3. The number of nitrogens with one attached hydrogen (secondary N) is 3. The van der Waals surface area contributed by atoms with Crippen molar-refractivity contribution in [2.24, 2.45) is 23.7 Å². The van der Waals surface area contributed by atoms with Gasteiger partial charge in [0.2, 0.25) is 5.95 Å². The Balaban J connectivity index is 1.43. The van der Waals surface area contributed by atoms with Gasteiger partial charge in [-0.05, 0) is 104 Å². The zero-order chi connectivity index (χ0) is 23.5. The van der Waals surface area contributed by atoms with E-state index in [9.17, 15) is 4.79 Å². The van der Waals surface area contributed by atoms with Gasteiger partial charge < -0.3 is 16.0 Å². The fourth-order valence-electron chi connectivity index (χ4n) is 5.54. The van der Waals surface area contributed by atoms with Gasteiger partial charge in [0.1, 0.15) is 5.82 Å². The highest BCUT2D eigenvalue weighted by molar-refractivity contribution is 9.10. The van der Waals surface area contributed by atoms with E-state index in [0.717, 1.165) is 27.8 Å². The van der Waals surface area contributed by atoms with Gasteiger partial charge in [-0.15, -0.1) is 0 Å². The summed E-state index contributed by atoms with van der Waals surface area (Å²) in [6, 6.07) is 7.78. The van der Waals surface area contributed by atoms with Crippen LogP contribution < -0.4 is 16.0 Å². The van der Waals surface area contributed by atoms with Crippen molar-refractivity contribution < 1.29 is 4.79 Å². The summed E-state index contributed by atoms with van der Waals surface area (Å²) in [6.07, 6.45) is 7.09. The van der Waals surface area contributed by atoms with E-state index in [1.165, 1.54) is 25.7 Å². The first-order valence-electron chi connectivity index (χ1n) is 11.9. The highest BCUT2D eigenvalue weighted by Crippen LogP contribution is 2.46. The van der Waals surface area contributed by atoms with E-state index in [0.29, 0.717) is 36.1 Å². The number of rotatable bonds is 7. The highest BCUT2D eigenvalue weighted by Gasteiger charge is 2.40. The van der Waals surface area contributed by atoms with Gasteiger partial charge in [-0.3, -0.25) is 9.69 Å². The number of halogens is 1. The van der Waals surface area contributed by atoms with Crippen molar-refractivity contribution in [1.29, 1.82) is 0 Å². The lowest BCUT2D eigenvalue weighted by Crippen LogP contribution is -2.45. The smallest absolute Gasteiger partial charge is 0.252 e. The number of carbonyl (C=O) groups is 1. The molecule has 0 aliphatic heterocycles. The predicted octanol–water partition coefficient (Wildman–Crippen LogP) is 5.10. The summed E-state index contributed by atoms with van der Waals surface area (Å²) >= 11 is 3.63. The summed E-state index contributed by atoms with van der Waals surface area (Å²) in [5.41, 5.74) is 1.45. The first-order chi connectivity index (χ1) is 15.8. The molecule has 178 valence electrons. The minimum Gasteiger partial charge on any atom is -0.366 e. The molecular formula is C25H35BrN6O. The van der Waals surface area contributed by atoms with Gasteiger partial charge >= 0.3 is 0 Å². The van der Waals surface area contributed by atoms with E-state index >= 15 is 0 Å². The van der Waals surface area contributed by atoms with E-state index in [-0.39, 0.29) is 5.91 Å². The van der Waals surface area contributed by atoms with Crippen molar-refractivity contribution in [2.45, 2.75) is 45.6 Å². The largest absolute Gasteiger partial charge is 0.366 e. The molecule has 0 spiro atoms. The second-order valence-corrected chi connectivity index (χ2v) is 11.0. The summed E-state index contributed by atoms with van der Waals surface area (Å²) in [6.45, 7) is 5.27. The van der Waals surface area contributed by atoms with Crippen LogP contribution in [0.4, 0.5) is 17.5 Å². The average molecular weight is 516 g/mol. The number of nitrogens with zero attached hydrogens (tertiary/aromatic N) is 3. The standard InChI is InChI=1S/C25H35BrN6O/c1-15-9-17-11-16(2)22(19(10-15)12-17)30-23-21(26)13-27-25(31-23)29-20-7-5-18(6-8-20)24(33)28-14-32(3)4/h5-8,13,15-17,19,22H,9-12,14H2,1-4H3,(H,28,33)(H2,27,29,30,31). The second-order valence-electron chi connectivity index (χ2n) is 10.2. The van der Waals surface area contributed by atoms with E-state index in [1.807, 2.05) is 31.1 Å². The molecule has 2 fully saturated rings. The summed E-state index contributed by atoms with van der Waals surface area (Å²) in [7, 11) is 3.83. The van der Waals surface area contributed by atoms with Crippen LogP contribution in [-0.2, 0) is 0 Å². The molecule has 33 heavy (non-hydrogen) atoms. The monoisotopic (exact) mass is 514 g/mol. The minimum absolute atomic E-state index is 0.0949.